The summed E-state index contributed by atoms with van der Waals surface area (Å²) < 4.78 is 65.0. The number of aldehydes is 1. The molecule has 2 rings (SSSR count). The second-order valence-corrected chi connectivity index (χ2v) is 6.98. The third kappa shape index (κ3) is 3.97. The van der Waals surface area contributed by atoms with Crippen molar-refractivity contribution in [1.82, 2.24) is 4.98 Å². The second-order valence-electron chi connectivity index (χ2n) is 4.45. The van der Waals surface area contributed by atoms with Gasteiger partial charge in [0.25, 0.3) is 10.0 Å². The Labute approximate surface area is 144 Å². The number of nitrogens with one attached hydrogen (secondary N) is 1. The van der Waals surface area contributed by atoms with E-state index in [9.17, 15) is 26.4 Å². The van der Waals surface area contributed by atoms with Crippen molar-refractivity contribution >= 4 is 45.2 Å². The molecule has 0 saturated carbocycles. The van der Waals surface area contributed by atoms with Gasteiger partial charge in [-0.1, -0.05) is 23.2 Å². The number of halogens is 5. The summed E-state index contributed by atoms with van der Waals surface area (Å²) in [4.78, 5) is 13.8. The average molecular weight is 399 g/mol. The number of anilines is 1. The largest absolute Gasteiger partial charge is 0.417 e. The zero-order valence-electron chi connectivity index (χ0n) is 11.4. The number of nitrogens with zero attached hydrogens (tertiary/aromatic N) is 1. The number of rotatable bonds is 4. The number of aromatic nitrogens is 1. The van der Waals surface area contributed by atoms with Crippen molar-refractivity contribution in [2.45, 2.75) is 11.1 Å². The van der Waals surface area contributed by atoms with Crippen LogP contribution in [0.4, 0.5) is 18.9 Å². The Balaban J connectivity index is 2.49. The molecule has 0 radical (unpaired) electrons. The summed E-state index contributed by atoms with van der Waals surface area (Å²) in [5.41, 5.74) is -1.83. The average Bonchev–Trinajstić information content (AvgIpc) is 2.46. The lowest BCUT2D eigenvalue weighted by molar-refractivity contribution is -0.137. The molecular formula is C13H7Cl2F3N2O3S. The first-order chi connectivity index (χ1) is 11.0. The smallest absolute Gasteiger partial charge is 0.296 e. The van der Waals surface area contributed by atoms with E-state index in [1.54, 1.807) is 0 Å². The summed E-state index contributed by atoms with van der Waals surface area (Å²) in [5.74, 6) is 0. The highest BCUT2D eigenvalue weighted by Crippen LogP contribution is 2.36. The molecule has 11 heteroatoms. The molecule has 5 nitrogen and oxygen atoms in total. The van der Waals surface area contributed by atoms with Gasteiger partial charge in [-0.25, -0.2) is 13.4 Å². The number of sulfonamides is 1. The maximum absolute atomic E-state index is 12.8. The predicted molar refractivity (Wildman–Crippen MR) is 81.9 cm³/mol. The second kappa shape index (κ2) is 6.58. The van der Waals surface area contributed by atoms with Gasteiger partial charge in [-0.3, -0.25) is 9.52 Å². The summed E-state index contributed by atoms with van der Waals surface area (Å²) in [5, 5.41) is -0.607. The monoisotopic (exact) mass is 398 g/mol. The minimum Gasteiger partial charge on any atom is -0.296 e. The molecule has 0 amide bonds. The van der Waals surface area contributed by atoms with E-state index in [0.29, 0.717) is 6.07 Å². The first-order valence-corrected chi connectivity index (χ1v) is 8.29. The number of benzene rings is 1. The van der Waals surface area contributed by atoms with E-state index >= 15 is 0 Å². The fourth-order valence-electron chi connectivity index (χ4n) is 1.72. The Bertz CT molecular complexity index is 902. The zero-order valence-corrected chi connectivity index (χ0v) is 13.8. The van der Waals surface area contributed by atoms with Gasteiger partial charge in [-0.2, -0.15) is 13.2 Å². The van der Waals surface area contributed by atoms with Gasteiger partial charge >= 0.3 is 6.18 Å². The number of carbonyl (C=O) groups is 1. The summed E-state index contributed by atoms with van der Waals surface area (Å²) in [6, 6.07) is 3.22. The summed E-state index contributed by atoms with van der Waals surface area (Å²) >= 11 is 11.1. The Kier molecular flexibility index (Phi) is 5.07. The van der Waals surface area contributed by atoms with Crippen molar-refractivity contribution < 1.29 is 26.4 Å². The molecule has 0 spiro atoms. The molecule has 0 bridgehead atoms. The van der Waals surface area contributed by atoms with E-state index in [1.165, 1.54) is 0 Å². The van der Waals surface area contributed by atoms with Gasteiger partial charge < -0.3 is 0 Å². The van der Waals surface area contributed by atoms with E-state index in [2.05, 4.69) is 4.98 Å². The number of carbonyl (C=O) groups excluding carboxylic acids is 1. The fourth-order valence-corrected chi connectivity index (χ4v) is 3.19. The molecule has 1 aromatic carbocycles. The van der Waals surface area contributed by atoms with Gasteiger partial charge in [-0.15, -0.1) is 0 Å². The van der Waals surface area contributed by atoms with Crippen LogP contribution in [-0.4, -0.2) is 19.7 Å². The lowest BCUT2D eigenvalue weighted by Gasteiger charge is -2.13. The van der Waals surface area contributed by atoms with E-state index in [-0.39, 0.29) is 22.7 Å². The van der Waals surface area contributed by atoms with Gasteiger partial charge in [0, 0.05) is 6.20 Å². The first-order valence-electron chi connectivity index (χ1n) is 6.05. The third-order valence-corrected chi connectivity index (χ3v) is 4.69. The number of alkyl halides is 3. The van der Waals surface area contributed by atoms with Crippen LogP contribution in [0.15, 0.2) is 35.4 Å². The van der Waals surface area contributed by atoms with Crippen LogP contribution in [0.2, 0.25) is 10.0 Å². The van der Waals surface area contributed by atoms with Crippen molar-refractivity contribution in [2.75, 3.05) is 4.72 Å². The van der Waals surface area contributed by atoms with Crippen molar-refractivity contribution in [3.8, 4) is 0 Å². The third-order valence-electron chi connectivity index (χ3n) is 2.79. The highest BCUT2D eigenvalue weighted by molar-refractivity contribution is 7.92. The first kappa shape index (κ1) is 18.5. The Morgan fingerprint density at radius 2 is 1.83 bits per heavy atom. The van der Waals surface area contributed by atoms with E-state index in [4.69, 9.17) is 23.2 Å². The fraction of sp³-hybridized carbons (Fsp3) is 0.0769. The number of hydrogen-bond donors (Lipinski definition) is 1. The summed E-state index contributed by atoms with van der Waals surface area (Å²) in [7, 11) is -4.43. The van der Waals surface area contributed by atoms with E-state index in [1.807, 2.05) is 4.72 Å². The standard InChI is InChI=1S/C13H7Cl2F3N2O3S/c14-7-3-11(12(6-21)19-5-7)20-24(22,23)8-1-2-10(15)9(4-8)13(16,17)18/h1-6,20H. The van der Waals surface area contributed by atoms with Crippen LogP contribution in [0.5, 0.6) is 0 Å². The molecule has 0 aliphatic rings. The van der Waals surface area contributed by atoms with Crippen LogP contribution in [0.25, 0.3) is 0 Å². The van der Waals surface area contributed by atoms with Crippen molar-refractivity contribution in [3.63, 3.8) is 0 Å². The summed E-state index contributed by atoms with van der Waals surface area (Å²) in [6.45, 7) is 0. The molecule has 0 fully saturated rings. The molecule has 1 aromatic heterocycles. The quantitative estimate of drug-likeness (QED) is 0.789. The highest BCUT2D eigenvalue weighted by atomic mass is 35.5. The SMILES string of the molecule is O=Cc1ncc(Cl)cc1NS(=O)(=O)c1ccc(Cl)c(C(F)(F)F)c1. The molecule has 0 aliphatic carbocycles. The van der Waals surface area contributed by atoms with Crippen LogP contribution in [0.1, 0.15) is 16.1 Å². The van der Waals surface area contributed by atoms with Crippen molar-refractivity contribution in [3.05, 3.63) is 51.8 Å². The van der Waals surface area contributed by atoms with Crippen molar-refractivity contribution in [2.24, 2.45) is 0 Å². The number of hydrogen-bond acceptors (Lipinski definition) is 4. The Morgan fingerprint density at radius 3 is 2.42 bits per heavy atom. The molecule has 0 saturated heterocycles. The molecule has 0 unspecified atom stereocenters. The molecule has 0 atom stereocenters. The normalized spacial score (nSPS) is 12.0. The Morgan fingerprint density at radius 1 is 1.17 bits per heavy atom. The van der Waals surface area contributed by atoms with Crippen LogP contribution in [0.3, 0.4) is 0 Å². The van der Waals surface area contributed by atoms with Crippen molar-refractivity contribution in [1.29, 1.82) is 0 Å². The summed E-state index contributed by atoms with van der Waals surface area (Å²) in [6.07, 6.45) is -3.43. The molecule has 1 heterocycles. The van der Waals surface area contributed by atoms with Crippen LogP contribution >= 0.6 is 23.2 Å². The minimum atomic E-state index is -4.83. The zero-order chi connectivity index (χ0) is 18.1. The van der Waals surface area contributed by atoms with Gasteiger partial charge in [0.05, 0.1) is 26.2 Å². The topological polar surface area (TPSA) is 76.1 Å². The van der Waals surface area contributed by atoms with Crippen LogP contribution in [-0.2, 0) is 16.2 Å². The Hall–Kier alpha value is -1.84. The molecule has 128 valence electrons. The van der Waals surface area contributed by atoms with Crippen LogP contribution in [0, 0.1) is 0 Å². The van der Waals surface area contributed by atoms with Gasteiger partial charge in [0.15, 0.2) is 6.29 Å². The van der Waals surface area contributed by atoms with Gasteiger partial charge in [0.2, 0.25) is 0 Å². The minimum absolute atomic E-state index is 0.0328. The molecule has 24 heavy (non-hydrogen) atoms. The molecule has 1 N–H and O–H groups in total. The lowest BCUT2D eigenvalue weighted by Crippen LogP contribution is -2.16. The molecule has 2 aromatic rings. The van der Waals surface area contributed by atoms with Crippen LogP contribution < -0.4 is 4.72 Å². The molecular weight excluding hydrogens is 392 g/mol. The van der Waals surface area contributed by atoms with Gasteiger partial charge in [-0.05, 0) is 24.3 Å². The predicted octanol–water partition coefficient (Wildman–Crippen LogP) is 4.02. The highest BCUT2D eigenvalue weighted by Gasteiger charge is 2.34. The van der Waals surface area contributed by atoms with Gasteiger partial charge in [0.1, 0.15) is 5.69 Å². The number of pyridine rings is 1. The maximum atomic E-state index is 12.8. The lowest BCUT2D eigenvalue weighted by atomic mass is 10.2. The van der Waals surface area contributed by atoms with E-state index < -0.39 is 31.7 Å². The molecule has 0 aliphatic heterocycles. The van der Waals surface area contributed by atoms with E-state index in [0.717, 1.165) is 24.4 Å². The maximum Gasteiger partial charge on any atom is 0.417 e.